The molecule has 1 aliphatic heterocycles. The zero-order valence-corrected chi connectivity index (χ0v) is 11.8. The summed E-state index contributed by atoms with van der Waals surface area (Å²) in [6.45, 7) is 6.29. The van der Waals surface area contributed by atoms with Crippen molar-refractivity contribution < 1.29 is 14.2 Å². The summed E-state index contributed by atoms with van der Waals surface area (Å²) < 4.78 is 18.6. The largest absolute Gasteiger partial charge is 0.496 e. The second-order valence-corrected chi connectivity index (χ2v) is 5.95. The van der Waals surface area contributed by atoms with Gasteiger partial charge in [0, 0.05) is 18.7 Å². The summed E-state index contributed by atoms with van der Waals surface area (Å²) in [5.74, 6) is 0.439. The number of rotatable bonds is 3. The lowest BCUT2D eigenvalue weighted by Crippen LogP contribution is -2.47. The molecule has 0 aliphatic carbocycles. The molecular weight excluding hydrogens is 245 g/mol. The van der Waals surface area contributed by atoms with Crippen molar-refractivity contribution >= 4 is 0 Å². The van der Waals surface area contributed by atoms with Gasteiger partial charge in [-0.2, -0.15) is 0 Å². The predicted molar refractivity (Wildman–Crippen MR) is 72.6 cm³/mol. The summed E-state index contributed by atoms with van der Waals surface area (Å²) in [5.41, 5.74) is 0.789. The third-order valence-corrected chi connectivity index (χ3v) is 4.04. The number of β-amino-alcohol motifs (C(OH)–C–C–N with tert-alkyl or cyclic N) is 1. The number of aliphatic hydroxyl groups is 1. The summed E-state index contributed by atoms with van der Waals surface area (Å²) in [7, 11) is 1.59. The minimum absolute atomic E-state index is 0.0392. The van der Waals surface area contributed by atoms with Crippen molar-refractivity contribution in [1.82, 2.24) is 4.90 Å². The Balaban J connectivity index is 2.08. The molecule has 106 valence electrons. The van der Waals surface area contributed by atoms with Gasteiger partial charge in [0.2, 0.25) is 0 Å². The minimum Gasteiger partial charge on any atom is -0.496 e. The van der Waals surface area contributed by atoms with E-state index in [0.717, 1.165) is 18.5 Å². The molecule has 1 heterocycles. The summed E-state index contributed by atoms with van der Waals surface area (Å²) in [5, 5.41) is 10.1. The fraction of sp³-hybridized carbons (Fsp3) is 0.600. The van der Waals surface area contributed by atoms with Crippen LogP contribution in [0.4, 0.5) is 4.39 Å². The molecule has 19 heavy (non-hydrogen) atoms. The number of hydrogen-bond acceptors (Lipinski definition) is 3. The molecule has 0 amide bonds. The van der Waals surface area contributed by atoms with Crippen LogP contribution in [0.1, 0.15) is 25.8 Å². The second kappa shape index (κ2) is 5.47. The van der Waals surface area contributed by atoms with Crippen molar-refractivity contribution in [3.63, 3.8) is 0 Å². The van der Waals surface area contributed by atoms with Gasteiger partial charge in [-0.1, -0.05) is 13.8 Å². The Morgan fingerprint density at radius 2 is 2.21 bits per heavy atom. The Morgan fingerprint density at radius 1 is 1.47 bits per heavy atom. The van der Waals surface area contributed by atoms with Crippen LogP contribution in [-0.2, 0) is 6.54 Å². The molecule has 3 nitrogen and oxygen atoms in total. The monoisotopic (exact) mass is 267 g/mol. The van der Waals surface area contributed by atoms with Gasteiger partial charge in [0.15, 0.2) is 0 Å². The van der Waals surface area contributed by atoms with Crippen molar-refractivity contribution in [3.8, 4) is 5.75 Å². The van der Waals surface area contributed by atoms with E-state index < -0.39 is 0 Å². The number of aliphatic hydroxyl groups excluding tert-OH is 1. The first-order valence-electron chi connectivity index (χ1n) is 6.65. The van der Waals surface area contributed by atoms with Crippen LogP contribution >= 0.6 is 0 Å². The van der Waals surface area contributed by atoms with Gasteiger partial charge in [-0.15, -0.1) is 0 Å². The van der Waals surface area contributed by atoms with Crippen LogP contribution in [0.5, 0.6) is 5.75 Å². The number of piperidine rings is 1. The fourth-order valence-corrected chi connectivity index (χ4v) is 2.45. The topological polar surface area (TPSA) is 32.7 Å². The quantitative estimate of drug-likeness (QED) is 0.913. The fourth-order valence-electron chi connectivity index (χ4n) is 2.45. The summed E-state index contributed by atoms with van der Waals surface area (Å²) in [4.78, 5) is 2.15. The van der Waals surface area contributed by atoms with Crippen LogP contribution in [0.15, 0.2) is 18.2 Å². The van der Waals surface area contributed by atoms with Crippen molar-refractivity contribution in [2.75, 3.05) is 20.2 Å². The van der Waals surface area contributed by atoms with E-state index in [4.69, 9.17) is 4.74 Å². The van der Waals surface area contributed by atoms with E-state index in [1.807, 2.05) is 0 Å². The molecular formula is C15H22FNO2. The molecule has 4 heteroatoms. The van der Waals surface area contributed by atoms with E-state index in [9.17, 15) is 9.50 Å². The number of nitrogens with zero attached hydrogens (tertiary/aromatic N) is 1. The maximum Gasteiger partial charge on any atom is 0.123 e. The number of likely N-dealkylation sites (tertiary alicyclic amines) is 1. The van der Waals surface area contributed by atoms with Gasteiger partial charge >= 0.3 is 0 Å². The zero-order valence-electron chi connectivity index (χ0n) is 11.8. The van der Waals surface area contributed by atoms with E-state index in [0.29, 0.717) is 18.8 Å². The van der Waals surface area contributed by atoms with Crippen molar-refractivity contribution in [2.24, 2.45) is 5.41 Å². The molecule has 0 bridgehead atoms. The van der Waals surface area contributed by atoms with Gasteiger partial charge in [-0.25, -0.2) is 4.39 Å². The molecule has 1 saturated heterocycles. The van der Waals surface area contributed by atoms with Crippen LogP contribution in [0.3, 0.4) is 0 Å². The molecule has 2 rings (SSSR count). The zero-order chi connectivity index (χ0) is 14.0. The van der Waals surface area contributed by atoms with Gasteiger partial charge < -0.3 is 9.84 Å². The first-order valence-corrected chi connectivity index (χ1v) is 6.65. The molecule has 0 saturated carbocycles. The maximum absolute atomic E-state index is 13.3. The van der Waals surface area contributed by atoms with E-state index in [2.05, 4.69) is 18.7 Å². The molecule has 1 N–H and O–H groups in total. The third kappa shape index (κ3) is 3.25. The van der Waals surface area contributed by atoms with Crippen molar-refractivity contribution in [1.29, 1.82) is 0 Å². The standard InChI is InChI=1S/C15H22FNO2/c1-15(2)6-7-17(10-14(15)18)9-11-8-12(16)4-5-13(11)19-3/h4-5,8,14,18H,6-7,9-10H2,1-3H3. The molecule has 0 aromatic heterocycles. The van der Waals surface area contributed by atoms with Crippen LogP contribution in [0.2, 0.25) is 0 Å². The lowest BCUT2D eigenvalue weighted by Gasteiger charge is -2.41. The van der Waals surface area contributed by atoms with Crippen LogP contribution in [0.25, 0.3) is 0 Å². The molecule has 1 unspecified atom stereocenters. The first kappa shape index (κ1) is 14.3. The molecule has 1 aromatic rings. The Bertz CT molecular complexity index is 448. The highest BCUT2D eigenvalue weighted by molar-refractivity contribution is 5.33. The van der Waals surface area contributed by atoms with Gasteiger partial charge in [-0.3, -0.25) is 4.90 Å². The van der Waals surface area contributed by atoms with Crippen molar-refractivity contribution in [2.45, 2.75) is 32.9 Å². The SMILES string of the molecule is COc1ccc(F)cc1CN1CCC(C)(C)C(O)C1. The average molecular weight is 267 g/mol. The molecule has 1 atom stereocenters. The lowest BCUT2D eigenvalue weighted by atomic mass is 9.80. The van der Waals surface area contributed by atoms with E-state index in [1.165, 1.54) is 12.1 Å². The molecule has 1 fully saturated rings. The van der Waals surface area contributed by atoms with E-state index in [-0.39, 0.29) is 17.3 Å². The number of hydrogen-bond donors (Lipinski definition) is 1. The maximum atomic E-state index is 13.3. The highest BCUT2D eigenvalue weighted by atomic mass is 19.1. The van der Waals surface area contributed by atoms with Gasteiger partial charge in [0.25, 0.3) is 0 Å². The number of halogens is 1. The number of ether oxygens (including phenoxy) is 1. The van der Waals surface area contributed by atoms with Gasteiger partial charge in [0.1, 0.15) is 11.6 Å². The highest BCUT2D eigenvalue weighted by Gasteiger charge is 2.34. The Morgan fingerprint density at radius 3 is 2.84 bits per heavy atom. The molecule has 0 spiro atoms. The molecule has 0 radical (unpaired) electrons. The van der Waals surface area contributed by atoms with Gasteiger partial charge in [0.05, 0.1) is 13.2 Å². The van der Waals surface area contributed by atoms with Crippen LogP contribution in [0, 0.1) is 11.2 Å². The summed E-state index contributed by atoms with van der Waals surface area (Å²) in [6.07, 6.45) is 0.590. The molecule has 1 aromatic carbocycles. The lowest BCUT2D eigenvalue weighted by molar-refractivity contribution is -0.0280. The normalized spacial score (nSPS) is 23.3. The summed E-state index contributed by atoms with van der Waals surface area (Å²) >= 11 is 0. The second-order valence-electron chi connectivity index (χ2n) is 5.95. The average Bonchev–Trinajstić information content (AvgIpc) is 2.35. The summed E-state index contributed by atoms with van der Waals surface area (Å²) in [6, 6.07) is 4.55. The highest BCUT2D eigenvalue weighted by Crippen LogP contribution is 2.31. The number of benzene rings is 1. The van der Waals surface area contributed by atoms with Gasteiger partial charge in [-0.05, 0) is 36.6 Å². The molecule has 1 aliphatic rings. The third-order valence-electron chi connectivity index (χ3n) is 4.04. The first-order chi connectivity index (χ1) is 8.92. The van der Waals surface area contributed by atoms with E-state index in [1.54, 1.807) is 13.2 Å². The van der Waals surface area contributed by atoms with Crippen LogP contribution in [-0.4, -0.2) is 36.3 Å². The van der Waals surface area contributed by atoms with E-state index >= 15 is 0 Å². The smallest absolute Gasteiger partial charge is 0.123 e. The van der Waals surface area contributed by atoms with Crippen molar-refractivity contribution in [3.05, 3.63) is 29.6 Å². The Kier molecular flexibility index (Phi) is 4.11. The Labute approximate surface area is 114 Å². The number of methoxy groups -OCH3 is 1. The van der Waals surface area contributed by atoms with Crippen LogP contribution < -0.4 is 4.74 Å². The Hall–Kier alpha value is -1.13. The minimum atomic E-state index is -0.346. The predicted octanol–water partition coefficient (Wildman–Crippen LogP) is 2.43.